The summed E-state index contributed by atoms with van der Waals surface area (Å²) in [6.45, 7) is 6.16. The fraction of sp³-hybridized carbons (Fsp3) is 0.882. The quantitative estimate of drug-likeness (QED) is 0.183. The van der Waals surface area contributed by atoms with Gasteiger partial charge in [-0.05, 0) is 51.4 Å². The highest BCUT2D eigenvalue weighted by molar-refractivity contribution is 14.0. The minimum absolute atomic E-state index is 0. The van der Waals surface area contributed by atoms with Crippen LogP contribution in [0.3, 0.4) is 0 Å². The minimum atomic E-state index is 0. The van der Waals surface area contributed by atoms with Crippen LogP contribution in [0.1, 0.15) is 51.9 Å². The lowest BCUT2D eigenvalue weighted by molar-refractivity contribution is -0.121. The fourth-order valence-corrected chi connectivity index (χ4v) is 2.22. The second-order valence-corrected chi connectivity index (χ2v) is 6.50. The maximum atomic E-state index is 11.6. The minimum Gasteiger partial charge on any atom is -0.381 e. The van der Waals surface area contributed by atoms with Gasteiger partial charge in [0, 0.05) is 45.3 Å². The molecule has 0 unspecified atom stereocenters. The summed E-state index contributed by atoms with van der Waals surface area (Å²) in [6, 6.07) is 0.451. The number of carbonyl (C=O) groups excluding carboxylic acids is 1. The molecule has 3 N–H and O–H groups in total. The van der Waals surface area contributed by atoms with Crippen molar-refractivity contribution >= 4 is 35.8 Å². The number of nitrogens with zero attached hydrogens (tertiary/aromatic N) is 1. The number of nitrogens with one attached hydrogen (secondary N) is 3. The van der Waals surface area contributed by atoms with Gasteiger partial charge in [0.2, 0.25) is 5.91 Å². The second-order valence-electron chi connectivity index (χ2n) is 6.50. The highest BCUT2D eigenvalue weighted by Gasteiger charge is 2.22. The lowest BCUT2D eigenvalue weighted by Gasteiger charge is -2.11. The predicted octanol–water partition coefficient (Wildman–Crippen LogP) is 2.03. The van der Waals surface area contributed by atoms with Crippen LogP contribution in [0.5, 0.6) is 0 Å². The average molecular weight is 452 g/mol. The molecule has 24 heavy (non-hydrogen) atoms. The third-order valence-corrected chi connectivity index (χ3v) is 3.93. The van der Waals surface area contributed by atoms with Gasteiger partial charge >= 0.3 is 0 Å². The van der Waals surface area contributed by atoms with E-state index in [1.165, 1.54) is 12.8 Å². The van der Waals surface area contributed by atoms with Crippen LogP contribution in [-0.4, -0.2) is 50.8 Å². The highest BCUT2D eigenvalue weighted by Crippen LogP contribution is 2.28. The summed E-state index contributed by atoms with van der Waals surface area (Å²) in [5.41, 5.74) is 0. The first kappa shape index (κ1) is 21.5. The monoisotopic (exact) mass is 452 g/mol. The molecule has 2 aliphatic carbocycles. The number of hydrogen-bond donors (Lipinski definition) is 3. The van der Waals surface area contributed by atoms with Gasteiger partial charge in [0.1, 0.15) is 0 Å². The number of hydrogen-bond acceptors (Lipinski definition) is 3. The molecule has 7 heteroatoms. The van der Waals surface area contributed by atoms with Crippen LogP contribution in [0, 0.1) is 5.92 Å². The van der Waals surface area contributed by atoms with Gasteiger partial charge in [-0.3, -0.25) is 9.79 Å². The summed E-state index contributed by atoms with van der Waals surface area (Å²) in [7, 11) is 0. The Balaban J connectivity index is 0.00000288. The van der Waals surface area contributed by atoms with E-state index in [0.717, 1.165) is 63.9 Å². The first-order valence-corrected chi connectivity index (χ1v) is 9.17. The Kier molecular flexibility index (Phi) is 11.4. The normalized spacial score (nSPS) is 17.1. The molecule has 0 spiro atoms. The molecule has 2 saturated carbocycles. The smallest absolute Gasteiger partial charge is 0.220 e. The summed E-state index contributed by atoms with van der Waals surface area (Å²) < 4.78 is 5.62. The van der Waals surface area contributed by atoms with Crippen LogP contribution < -0.4 is 16.0 Å². The SMILES string of the molecule is CCNC(=NCCCC(=O)NC1CC1)NCCCOCC1CC1.I. The van der Waals surface area contributed by atoms with Crippen LogP contribution in [0.15, 0.2) is 4.99 Å². The molecular formula is C17H33IN4O2. The molecule has 140 valence electrons. The topological polar surface area (TPSA) is 74.8 Å². The van der Waals surface area contributed by atoms with E-state index in [1.54, 1.807) is 0 Å². The molecule has 2 aliphatic rings. The maximum Gasteiger partial charge on any atom is 0.220 e. The molecule has 0 radical (unpaired) electrons. The largest absolute Gasteiger partial charge is 0.381 e. The van der Waals surface area contributed by atoms with Gasteiger partial charge < -0.3 is 20.7 Å². The molecule has 0 heterocycles. The van der Waals surface area contributed by atoms with E-state index in [9.17, 15) is 4.79 Å². The number of halogens is 1. The van der Waals surface area contributed by atoms with E-state index in [-0.39, 0.29) is 29.9 Å². The Morgan fingerprint density at radius 1 is 1.17 bits per heavy atom. The third-order valence-electron chi connectivity index (χ3n) is 3.93. The first-order valence-electron chi connectivity index (χ1n) is 9.17. The Morgan fingerprint density at radius 2 is 1.96 bits per heavy atom. The van der Waals surface area contributed by atoms with Gasteiger partial charge in [-0.25, -0.2) is 0 Å². The third kappa shape index (κ3) is 11.1. The molecule has 0 saturated heterocycles. The van der Waals surface area contributed by atoms with Crippen molar-refractivity contribution in [2.45, 2.75) is 57.9 Å². The first-order chi connectivity index (χ1) is 11.3. The molecular weight excluding hydrogens is 419 g/mol. The lowest BCUT2D eigenvalue weighted by Crippen LogP contribution is -2.38. The van der Waals surface area contributed by atoms with E-state index in [1.807, 2.05) is 0 Å². The maximum absolute atomic E-state index is 11.6. The van der Waals surface area contributed by atoms with E-state index >= 15 is 0 Å². The van der Waals surface area contributed by atoms with Gasteiger partial charge in [-0.2, -0.15) is 0 Å². The summed E-state index contributed by atoms with van der Waals surface area (Å²) in [4.78, 5) is 16.1. The molecule has 2 fully saturated rings. The number of aliphatic imine (C=N–C) groups is 1. The molecule has 0 aromatic rings. The molecule has 0 bridgehead atoms. The number of carbonyl (C=O) groups is 1. The van der Waals surface area contributed by atoms with E-state index in [4.69, 9.17) is 4.74 Å². The standard InChI is InChI=1S/C17H32N4O2.HI/c1-2-18-17(20-11-4-12-23-13-14-6-7-14)19-10-3-5-16(22)21-15-8-9-15;/h14-15H,2-13H2,1H3,(H,21,22)(H2,18,19,20);1H. The van der Waals surface area contributed by atoms with Crippen molar-refractivity contribution in [3.63, 3.8) is 0 Å². The van der Waals surface area contributed by atoms with Crippen LogP contribution in [0.2, 0.25) is 0 Å². The van der Waals surface area contributed by atoms with Crippen LogP contribution >= 0.6 is 24.0 Å². The fourth-order valence-electron chi connectivity index (χ4n) is 2.22. The van der Waals surface area contributed by atoms with E-state index in [2.05, 4.69) is 27.9 Å². The van der Waals surface area contributed by atoms with Crippen molar-refractivity contribution in [1.82, 2.24) is 16.0 Å². The molecule has 0 aromatic heterocycles. The van der Waals surface area contributed by atoms with Crippen molar-refractivity contribution in [3.05, 3.63) is 0 Å². The van der Waals surface area contributed by atoms with Gasteiger partial charge in [0.05, 0.1) is 0 Å². The molecule has 6 nitrogen and oxygen atoms in total. The Hall–Kier alpha value is -0.570. The van der Waals surface area contributed by atoms with Crippen molar-refractivity contribution in [3.8, 4) is 0 Å². The van der Waals surface area contributed by atoms with Crippen molar-refractivity contribution in [2.75, 3.05) is 32.8 Å². The number of rotatable bonds is 12. The predicted molar refractivity (Wildman–Crippen MR) is 108 cm³/mol. The van der Waals surface area contributed by atoms with E-state index < -0.39 is 0 Å². The average Bonchev–Trinajstić information content (AvgIpc) is 3.42. The highest BCUT2D eigenvalue weighted by atomic mass is 127. The number of ether oxygens (including phenoxy) is 1. The van der Waals surface area contributed by atoms with Gasteiger partial charge in [-0.1, -0.05) is 0 Å². The van der Waals surface area contributed by atoms with Crippen LogP contribution in [0.25, 0.3) is 0 Å². The second kappa shape index (κ2) is 12.7. The van der Waals surface area contributed by atoms with Crippen molar-refractivity contribution < 1.29 is 9.53 Å². The zero-order valence-corrected chi connectivity index (χ0v) is 17.1. The van der Waals surface area contributed by atoms with Crippen LogP contribution in [0.4, 0.5) is 0 Å². The van der Waals surface area contributed by atoms with Crippen molar-refractivity contribution in [1.29, 1.82) is 0 Å². The summed E-state index contributed by atoms with van der Waals surface area (Å²) in [5, 5.41) is 9.54. The Labute approximate surface area is 163 Å². The van der Waals surface area contributed by atoms with Gasteiger partial charge in [-0.15, -0.1) is 24.0 Å². The molecule has 1 amide bonds. The zero-order chi connectivity index (χ0) is 16.3. The Morgan fingerprint density at radius 3 is 2.62 bits per heavy atom. The van der Waals surface area contributed by atoms with Gasteiger partial charge in [0.15, 0.2) is 5.96 Å². The Bertz CT molecular complexity index is 385. The molecule has 2 rings (SSSR count). The van der Waals surface area contributed by atoms with Crippen LogP contribution in [-0.2, 0) is 9.53 Å². The van der Waals surface area contributed by atoms with E-state index in [0.29, 0.717) is 19.0 Å². The lowest BCUT2D eigenvalue weighted by atomic mass is 10.3. The zero-order valence-electron chi connectivity index (χ0n) is 14.8. The summed E-state index contributed by atoms with van der Waals surface area (Å²) >= 11 is 0. The van der Waals surface area contributed by atoms with Crippen molar-refractivity contribution in [2.24, 2.45) is 10.9 Å². The molecule has 0 aromatic carbocycles. The molecule has 0 atom stereocenters. The number of guanidine groups is 1. The summed E-state index contributed by atoms with van der Waals surface area (Å²) in [5.74, 6) is 1.82. The summed E-state index contributed by atoms with van der Waals surface area (Å²) in [6.07, 6.45) is 7.31. The number of amides is 1. The van der Waals surface area contributed by atoms with Gasteiger partial charge in [0.25, 0.3) is 0 Å². The molecule has 0 aliphatic heterocycles.